The first-order valence-electron chi connectivity index (χ1n) is 3.80. The molecule has 0 radical (unpaired) electrons. The Balaban J connectivity index is 4.23. The molecule has 0 aromatic heterocycles. The third kappa shape index (κ3) is 2.72. The van der Waals surface area contributed by atoms with Gasteiger partial charge in [-0.3, -0.25) is 0 Å². The molecule has 0 heterocycles. The van der Waals surface area contributed by atoms with Crippen LogP contribution in [0.2, 0.25) is 10.6 Å². The van der Waals surface area contributed by atoms with Gasteiger partial charge in [-0.05, 0) is 10.6 Å². The Labute approximate surface area is 64.3 Å². The summed E-state index contributed by atoms with van der Waals surface area (Å²) >= 11 is 0. The molecule has 0 amide bonds. The Kier molecular flexibility index (Phi) is 2.56. The van der Waals surface area contributed by atoms with E-state index in [2.05, 4.69) is 0 Å². The van der Waals surface area contributed by atoms with Crippen LogP contribution in [0.4, 0.5) is 4.32 Å². The lowest BCUT2D eigenvalue weighted by Crippen LogP contribution is -2.30. The highest BCUT2D eigenvalue weighted by molar-refractivity contribution is 6.57. The fraction of sp³-hybridized carbons (Fsp3) is 1.00. The van der Waals surface area contributed by atoms with E-state index in [0.29, 0.717) is 0 Å². The smallest absolute Gasteiger partial charge is 0.335 e. The number of halogens is 1. The lowest BCUT2D eigenvalue weighted by atomic mass is 9.38. The van der Waals surface area contributed by atoms with Crippen LogP contribution in [0.1, 0.15) is 41.5 Å². The molecule has 10 heavy (non-hydrogen) atoms. The van der Waals surface area contributed by atoms with E-state index in [4.69, 9.17) is 0 Å². The number of rotatable bonds is 0. The molecule has 0 aromatic carbocycles. The van der Waals surface area contributed by atoms with E-state index in [-0.39, 0.29) is 10.6 Å². The Morgan fingerprint density at radius 2 is 1.00 bits per heavy atom. The fourth-order valence-corrected chi connectivity index (χ4v) is 1.30. The first-order valence-corrected chi connectivity index (χ1v) is 3.80. The van der Waals surface area contributed by atoms with Crippen LogP contribution in [0.25, 0.3) is 0 Å². The third-order valence-corrected chi connectivity index (χ3v) is 1.52. The van der Waals surface area contributed by atoms with Gasteiger partial charge in [-0.1, -0.05) is 41.5 Å². The molecule has 0 fully saturated rings. The average Bonchev–Trinajstić information content (AvgIpc) is 1.59. The molecule has 0 nitrogen and oxygen atoms in total. The zero-order valence-electron chi connectivity index (χ0n) is 7.96. The Hall–Kier alpha value is -0.00506. The lowest BCUT2D eigenvalue weighted by Gasteiger charge is -2.30. The topological polar surface area (TPSA) is 0 Å². The van der Waals surface area contributed by atoms with Gasteiger partial charge in [0, 0.05) is 0 Å². The zero-order valence-corrected chi connectivity index (χ0v) is 7.96. The monoisotopic (exact) mass is 144 g/mol. The second-order valence-electron chi connectivity index (χ2n) is 5.09. The van der Waals surface area contributed by atoms with Crippen molar-refractivity contribution >= 4 is 6.99 Å². The molecule has 0 aliphatic rings. The molecular formula is C8H18BF. The summed E-state index contributed by atoms with van der Waals surface area (Å²) in [6.07, 6.45) is 0. The molecule has 2 heteroatoms. The number of hydrogen-bond donors (Lipinski definition) is 0. The highest BCUT2D eigenvalue weighted by Crippen LogP contribution is 2.42. The second-order valence-corrected chi connectivity index (χ2v) is 5.09. The molecule has 0 saturated carbocycles. The van der Waals surface area contributed by atoms with Crippen molar-refractivity contribution in [2.24, 2.45) is 0 Å². The van der Waals surface area contributed by atoms with Gasteiger partial charge in [-0.2, -0.15) is 0 Å². The van der Waals surface area contributed by atoms with E-state index >= 15 is 0 Å². The maximum absolute atomic E-state index is 13.4. The minimum absolute atomic E-state index is 0.224. The molecule has 0 aliphatic heterocycles. The molecular weight excluding hydrogens is 126 g/mol. The Bertz CT molecular complexity index is 93.4. The minimum atomic E-state index is -0.736. The summed E-state index contributed by atoms with van der Waals surface area (Å²) in [5, 5.41) is -0.448. The standard InChI is InChI=1S/C8H18BF/c1-7(2,3)9(10)8(4,5)6/h1-6H3. The summed E-state index contributed by atoms with van der Waals surface area (Å²) in [6, 6.07) is 0. The first kappa shape index (κ1) is 9.99. The van der Waals surface area contributed by atoms with Gasteiger partial charge in [-0.25, -0.2) is 0 Å². The Morgan fingerprint density at radius 1 is 0.800 bits per heavy atom. The minimum Gasteiger partial charge on any atom is -0.335 e. The van der Waals surface area contributed by atoms with E-state index in [9.17, 15) is 4.32 Å². The molecule has 0 aromatic rings. The van der Waals surface area contributed by atoms with Crippen molar-refractivity contribution in [2.45, 2.75) is 52.2 Å². The van der Waals surface area contributed by atoms with Crippen LogP contribution >= 0.6 is 0 Å². The van der Waals surface area contributed by atoms with Gasteiger partial charge >= 0.3 is 6.99 Å². The van der Waals surface area contributed by atoms with Crippen molar-refractivity contribution < 1.29 is 4.32 Å². The molecule has 0 aliphatic carbocycles. The van der Waals surface area contributed by atoms with Crippen LogP contribution in [-0.4, -0.2) is 6.99 Å². The summed E-state index contributed by atoms with van der Waals surface area (Å²) in [5.41, 5.74) is 0. The summed E-state index contributed by atoms with van der Waals surface area (Å²) in [6.45, 7) is 10.9. The lowest BCUT2D eigenvalue weighted by molar-refractivity contribution is 0.559. The SMILES string of the molecule is CC(C)(C)B(F)C(C)(C)C. The quantitative estimate of drug-likeness (QED) is 0.456. The molecule has 0 unspecified atom stereocenters. The van der Waals surface area contributed by atoms with Crippen LogP contribution in [0.5, 0.6) is 0 Å². The summed E-state index contributed by atoms with van der Waals surface area (Å²) < 4.78 is 13.4. The average molecular weight is 144 g/mol. The molecule has 0 saturated heterocycles. The van der Waals surface area contributed by atoms with Crippen LogP contribution in [-0.2, 0) is 0 Å². The molecule has 0 spiro atoms. The zero-order chi connectivity index (χ0) is 8.58. The molecule has 0 atom stereocenters. The maximum atomic E-state index is 13.4. The van der Waals surface area contributed by atoms with E-state index < -0.39 is 6.99 Å². The normalized spacial score (nSPS) is 13.5. The maximum Gasteiger partial charge on any atom is 0.359 e. The molecule has 0 N–H and O–H groups in total. The Morgan fingerprint density at radius 3 is 1.00 bits per heavy atom. The van der Waals surface area contributed by atoms with Gasteiger partial charge in [0.15, 0.2) is 0 Å². The van der Waals surface area contributed by atoms with Crippen molar-refractivity contribution in [3.05, 3.63) is 0 Å². The largest absolute Gasteiger partial charge is 0.359 e. The highest BCUT2D eigenvalue weighted by Gasteiger charge is 2.40. The van der Waals surface area contributed by atoms with Crippen LogP contribution in [0.15, 0.2) is 0 Å². The van der Waals surface area contributed by atoms with Crippen molar-refractivity contribution in [3.63, 3.8) is 0 Å². The van der Waals surface area contributed by atoms with Gasteiger partial charge in [0.25, 0.3) is 0 Å². The van der Waals surface area contributed by atoms with Gasteiger partial charge < -0.3 is 4.32 Å². The molecule has 60 valence electrons. The molecule has 0 bridgehead atoms. The second kappa shape index (κ2) is 2.56. The van der Waals surface area contributed by atoms with E-state index in [0.717, 1.165) is 0 Å². The van der Waals surface area contributed by atoms with Crippen LogP contribution in [0, 0.1) is 0 Å². The van der Waals surface area contributed by atoms with Gasteiger partial charge in [0.05, 0.1) is 0 Å². The van der Waals surface area contributed by atoms with Gasteiger partial charge in [0.1, 0.15) is 0 Å². The first-order chi connectivity index (χ1) is 4.15. The summed E-state index contributed by atoms with van der Waals surface area (Å²) in [7, 11) is 0. The predicted octanol–water partition coefficient (Wildman–Crippen LogP) is 3.55. The summed E-state index contributed by atoms with van der Waals surface area (Å²) in [5.74, 6) is 0. The fourth-order valence-electron chi connectivity index (χ4n) is 1.30. The van der Waals surface area contributed by atoms with Crippen molar-refractivity contribution in [1.29, 1.82) is 0 Å². The van der Waals surface area contributed by atoms with E-state index in [1.807, 2.05) is 41.5 Å². The van der Waals surface area contributed by atoms with Gasteiger partial charge in [-0.15, -0.1) is 0 Å². The summed E-state index contributed by atoms with van der Waals surface area (Å²) in [4.78, 5) is 0. The predicted molar refractivity (Wildman–Crippen MR) is 46.3 cm³/mol. The third-order valence-electron chi connectivity index (χ3n) is 1.52. The van der Waals surface area contributed by atoms with E-state index in [1.165, 1.54) is 0 Å². The highest BCUT2D eigenvalue weighted by atomic mass is 19.1. The van der Waals surface area contributed by atoms with Gasteiger partial charge in [0.2, 0.25) is 0 Å². The van der Waals surface area contributed by atoms with Crippen molar-refractivity contribution in [1.82, 2.24) is 0 Å². The van der Waals surface area contributed by atoms with Crippen molar-refractivity contribution in [3.8, 4) is 0 Å². The van der Waals surface area contributed by atoms with E-state index in [1.54, 1.807) is 0 Å². The van der Waals surface area contributed by atoms with Crippen LogP contribution in [0.3, 0.4) is 0 Å². The number of hydrogen-bond acceptors (Lipinski definition) is 0. The molecule has 0 rings (SSSR count). The van der Waals surface area contributed by atoms with Crippen LogP contribution < -0.4 is 0 Å². The van der Waals surface area contributed by atoms with Crippen molar-refractivity contribution in [2.75, 3.05) is 0 Å².